The molecule has 5 N–H and O–H groups in total. The minimum atomic E-state index is -0.455. The molecule has 2 atom stereocenters. The normalized spacial score (nSPS) is 19.0. The van der Waals surface area contributed by atoms with Crippen molar-refractivity contribution in [2.45, 2.75) is 57.7 Å². The van der Waals surface area contributed by atoms with Gasteiger partial charge in [-0.15, -0.1) is 0 Å². The highest BCUT2D eigenvalue weighted by atomic mass is 16.6. The Hall–Kier alpha value is -1.01. The van der Waals surface area contributed by atoms with E-state index in [0.717, 1.165) is 58.6 Å². The third kappa shape index (κ3) is 17.1. The van der Waals surface area contributed by atoms with Crippen LogP contribution in [0.4, 0.5) is 4.79 Å². The van der Waals surface area contributed by atoms with E-state index in [-0.39, 0.29) is 6.09 Å². The van der Waals surface area contributed by atoms with Gasteiger partial charge in [0, 0.05) is 45.9 Å². The molecule has 0 aromatic rings. The molecule has 0 bridgehead atoms. The van der Waals surface area contributed by atoms with Crippen molar-refractivity contribution < 1.29 is 28.8 Å². The topological polar surface area (TPSA) is 136 Å². The van der Waals surface area contributed by atoms with Gasteiger partial charge in [0.2, 0.25) is 0 Å². The Balaban J connectivity index is 0.000000582. The number of nitrogens with two attached hydrogens (primary N) is 2. The third-order valence-corrected chi connectivity index (χ3v) is 5.43. The molecule has 0 aromatic carbocycles. The molecular formula is C23H48N4O6. The number of piperazine rings is 1. The summed E-state index contributed by atoms with van der Waals surface area (Å²) in [5.41, 5.74) is 10.6. The number of hydrogen-bond acceptors (Lipinski definition) is 9. The first-order valence-electron chi connectivity index (χ1n) is 12.6. The van der Waals surface area contributed by atoms with Crippen molar-refractivity contribution in [3.8, 4) is 0 Å². The fraction of sp³-hybridized carbons (Fsp3) is 0.957. The molecule has 33 heavy (non-hydrogen) atoms. The van der Waals surface area contributed by atoms with Gasteiger partial charge in [0.1, 0.15) is 6.10 Å². The molecule has 2 aliphatic heterocycles. The van der Waals surface area contributed by atoms with E-state index in [4.69, 9.17) is 30.4 Å². The van der Waals surface area contributed by atoms with Gasteiger partial charge in [-0.1, -0.05) is 12.8 Å². The number of amides is 1. The molecule has 10 nitrogen and oxygen atoms in total. The van der Waals surface area contributed by atoms with E-state index in [0.29, 0.717) is 58.6 Å². The predicted molar refractivity (Wildman–Crippen MR) is 128 cm³/mol. The summed E-state index contributed by atoms with van der Waals surface area (Å²) in [6.07, 6.45) is 5.92. The van der Waals surface area contributed by atoms with Crippen molar-refractivity contribution >= 4 is 6.09 Å². The highest BCUT2D eigenvalue weighted by Gasteiger charge is 2.22. The molecule has 10 heteroatoms. The molecule has 0 radical (unpaired) electrons. The van der Waals surface area contributed by atoms with E-state index in [1.165, 1.54) is 12.8 Å². The molecular weight excluding hydrogens is 428 g/mol. The van der Waals surface area contributed by atoms with Crippen LogP contribution < -0.4 is 11.5 Å². The maximum atomic E-state index is 11.6. The lowest BCUT2D eigenvalue weighted by atomic mass is 10.2. The van der Waals surface area contributed by atoms with Crippen molar-refractivity contribution in [1.82, 2.24) is 9.80 Å². The number of ether oxygens (including phenoxy) is 4. The second-order valence-electron chi connectivity index (χ2n) is 8.42. The SMILES string of the molecule is CCOC(=O)N1CCN(CCC(O)COCCCOCC2CO2)CC1.NCCCCCCN. The summed E-state index contributed by atoms with van der Waals surface area (Å²) in [5, 5.41) is 9.99. The molecule has 196 valence electrons. The van der Waals surface area contributed by atoms with Gasteiger partial charge < -0.3 is 40.4 Å². The molecule has 0 aromatic heterocycles. The highest BCUT2D eigenvalue weighted by Crippen LogP contribution is 2.08. The molecule has 0 spiro atoms. The van der Waals surface area contributed by atoms with Gasteiger partial charge in [-0.25, -0.2) is 4.79 Å². The summed E-state index contributed by atoms with van der Waals surface area (Å²) < 4.78 is 21.0. The molecule has 2 aliphatic rings. The van der Waals surface area contributed by atoms with Crippen LogP contribution in [0.25, 0.3) is 0 Å². The van der Waals surface area contributed by atoms with Gasteiger partial charge in [0.15, 0.2) is 0 Å². The summed E-state index contributed by atoms with van der Waals surface area (Å²) in [6.45, 7) is 10.8. The van der Waals surface area contributed by atoms with Crippen molar-refractivity contribution in [3.05, 3.63) is 0 Å². The maximum Gasteiger partial charge on any atom is 0.409 e. The summed E-state index contributed by atoms with van der Waals surface area (Å²) in [6, 6.07) is 0. The van der Waals surface area contributed by atoms with E-state index in [9.17, 15) is 9.90 Å². The lowest BCUT2D eigenvalue weighted by Crippen LogP contribution is -2.49. The van der Waals surface area contributed by atoms with Crippen LogP contribution in [-0.2, 0) is 18.9 Å². The van der Waals surface area contributed by atoms with Crippen molar-refractivity contribution in [3.63, 3.8) is 0 Å². The van der Waals surface area contributed by atoms with Crippen molar-refractivity contribution in [1.29, 1.82) is 0 Å². The van der Waals surface area contributed by atoms with Gasteiger partial charge in [-0.2, -0.15) is 0 Å². The zero-order valence-corrected chi connectivity index (χ0v) is 20.6. The zero-order valence-electron chi connectivity index (χ0n) is 20.6. The van der Waals surface area contributed by atoms with E-state index < -0.39 is 6.10 Å². The fourth-order valence-corrected chi connectivity index (χ4v) is 3.29. The Bertz CT molecular complexity index is 456. The fourth-order valence-electron chi connectivity index (χ4n) is 3.29. The molecule has 0 aliphatic carbocycles. The number of aliphatic hydroxyl groups excluding tert-OH is 1. The van der Waals surface area contributed by atoms with Crippen LogP contribution in [0.15, 0.2) is 0 Å². The first-order valence-corrected chi connectivity index (χ1v) is 12.6. The average Bonchev–Trinajstić information content (AvgIpc) is 3.65. The van der Waals surface area contributed by atoms with Gasteiger partial charge in [-0.3, -0.25) is 4.90 Å². The van der Waals surface area contributed by atoms with Crippen LogP contribution in [-0.4, -0.2) is 119 Å². The van der Waals surface area contributed by atoms with E-state index in [1.807, 2.05) is 6.92 Å². The maximum absolute atomic E-state index is 11.6. The zero-order chi connectivity index (χ0) is 24.2. The molecule has 2 saturated heterocycles. The number of aliphatic hydroxyl groups is 1. The highest BCUT2D eigenvalue weighted by molar-refractivity contribution is 5.67. The summed E-state index contributed by atoms with van der Waals surface area (Å²) in [7, 11) is 0. The Morgan fingerprint density at radius 2 is 1.67 bits per heavy atom. The summed E-state index contributed by atoms with van der Waals surface area (Å²) in [4.78, 5) is 15.6. The number of carbonyl (C=O) groups excluding carboxylic acids is 1. The first kappa shape index (κ1) is 30.0. The van der Waals surface area contributed by atoms with Crippen LogP contribution in [0.1, 0.15) is 45.4 Å². The Morgan fingerprint density at radius 1 is 1.03 bits per heavy atom. The number of unbranched alkanes of at least 4 members (excludes halogenated alkanes) is 3. The number of epoxide rings is 1. The van der Waals surface area contributed by atoms with Crippen LogP contribution in [0.3, 0.4) is 0 Å². The number of nitrogens with zero attached hydrogens (tertiary/aromatic N) is 2. The quantitative estimate of drug-likeness (QED) is 0.206. The minimum absolute atomic E-state index is 0.232. The number of hydrogen-bond donors (Lipinski definition) is 3. The van der Waals surface area contributed by atoms with E-state index in [1.54, 1.807) is 4.90 Å². The van der Waals surface area contributed by atoms with Gasteiger partial charge >= 0.3 is 6.09 Å². The molecule has 2 heterocycles. The molecule has 2 unspecified atom stereocenters. The van der Waals surface area contributed by atoms with Gasteiger partial charge in [0.25, 0.3) is 0 Å². The van der Waals surface area contributed by atoms with Crippen LogP contribution in [0.5, 0.6) is 0 Å². The summed E-state index contributed by atoms with van der Waals surface area (Å²) >= 11 is 0. The van der Waals surface area contributed by atoms with E-state index in [2.05, 4.69) is 4.90 Å². The van der Waals surface area contributed by atoms with Crippen LogP contribution in [0.2, 0.25) is 0 Å². The molecule has 2 fully saturated rings. The van der Waals surface area contributed by atoms with Gasteiger partial charge in [-0.05, 0) is 45.7 Å². The second-order valence-corrected chi connectivity index (χ2v) is 8.42. The molecule has 1 amide bonds. The van der Waals surface area contributed by atoms with Crippen molar-refractivity contribution in [2.24, 2.45) is 11.5 Å². The second kappa shape index (κ2) is 20.4. The first-order chi connectivity index (χ1) is 16.1. The number of rotatable bonds is 17. The Labute approximate surface area is 199 Å². The van der Waals surface area contributed by atoms with E-state index >= 15 is 0 Å². The lowest BCUT2D eigenvalue weighted by molar-refractivity contribution is 0.0136. The molecule has 0 saturated carbocycles. The summed E-state index contributed by atoms with van der Waals surface area (Å²) in [5.74, 6) is 0. The van der Waals surface area contributed by atoms with Crippen LogP contribution >= 0.6 is 0 Å². The van der Waals surface area contributed by atoms with Crippen molar-refractivity contribution in [2.75, 3.05) is 85.5 Å². The minimum Gasteiger partial charge on any atom is -0.450 e. The smallest absolute Gasteiger partial charge is 0.409 e. The van der Waals surface area contributed by atoms with Crippen LogP contribution in [0, 0.1) is 0 Å². The Morgan fingerprint density at radius 3 is 2.24 bits per heavy atom. The third-order valence-electron chi connectivity index (χ3n) is 5.43. The standard InChI is InChI=1S/C17H32N2O6.C6H16N2/c1-2-24-17(21)19-8-6-18(7-9-19)5-4-15(20)12-22-10-3-11-23-13-16-14-25-16;7-5-3-1-2-4-6-8/h15-16,20H,2-14H2,1H3;1-8H2. The Kier molecular flexibility index (Phi) is 18.5. The predicted octanol–water partition coefficient (Wildman–Crippen LogP) is 0.798. The largest absolute Gasteiger partial charge is 0.450 e. The molecule has 2 rings (SSSR count). The van der Waals surface area contributed by atoms with Gasteiger partial charge in [0.05, 0.1) is 32.5 Å². The average molecular weight is 477 g/mol. The number of carbonyl (C=O) groups is 1. The lowest BCUT2D eigenvalue weighted by Gasteiger charge is -2.34. The monoisotopic (exact) mass is 476 g/mol.